The molecule has 3 nitrogen and oxygen atoms in total. The Kier molecular flexibility index (Phi) is 2.30. The van der Waals surface area contributed by atoms with Gasteiger partial charge < -0.3 is 5.32 Å². The Morgan fingerprint density at radius 1 is 1.31 bits per heavy atom. The summed E-state index contributed by atoms with van der Waals surface area (Å²) >= 11 is 0. The smallest absolute Gasteiger partial charge is 0.228 e. The summed E-state index contributed by atoms with van der Waals surface area (Å²) in [7, 11) is 0. The van der Waals surface area contributed by atoms with E-state index in [1.807, 2.05) is 12.1 Å². The molecule has 0 aliphatic heterocycles. The van der Waals surface area contributed by atoms with Gasteiger partial charge in [0, 0.05) is 12.1 Å². The third-order valence-electron chi connectivity index (χ3n) is 4.21. The van der Waals surface area contributed by atoms with E-state index in [0.29, 0.717) is 0 Å². The van der Waals surface area contributed by atoms with Gasteiger partial charge in [-0.15, -0.1) is 0 Å². The summed E-state index contributed by atoms with van der Waals surface area (Å²) in [5.74, 6) is 0.184. The summed E-state index contributed by atoms with van der Waals surface area (Å²) in [5, 5.41) is 2.91. The minimum Gasteiger partial charge on any atom is -0.324 e. The van der Waals surface area contributed by atoms with Gasteiger partial charge in [-0.1, -0.05) is 27.7 Å². The van der Waals surface area contributed by atoms with Crippen molar-refractivity contribution >= 4 is 11.6 Å². The Morgan fingerprint density at radius 2 is 1.94 bits per heavy atom. The van der Waals surface area contributed by atoms with E-state index >= 15 is 0 Å². The summed E-state index contributed by atoms with van der Waals surface area (Å²) in [6.45, 7) is 8.56. The molecule has 16 heavy (non-hydrogen) atoms. The molecule has 0 atom stereocenters. The van der Waals surface area contributed by atoms with E-state index in [1.165, 1.54) is 0 Å². The van der Waals surface area contributed by atoms with Gasteiger partial charge in [0.05, 0.1) is 11.9 Å². The van der Waals surface area contributed by atoms with Gasteiger partial charge in [0.15, 0.2) is 0 Å². The van der Waals surface area contributed by atoms with Gasteiger partial charge in [0.25, 0.3) is 0 Å². The van der Waals surface area contributed by atoms with Crippen molar-refractivity contribution in [2.24, 2.45) is 16.7 Å². The van der Waals surface area contributed by atoms with Crippen LogP contribution in [0.4, 0.5) is 5.69 Å². The van der Waals surface area contributed by atoms with Crippen LogP contribution in [-0.4, -0.2) is 10.9 Å². The van der Waals surface area contributed by atoms with Crippen LogP contribution in [0.25, 0.3) is 0 Å². The lowest BCUT2D eigenvalue weighted by atomic mass is 10.0. The normalized spacial score (nSPS) is 21.5. The minimum atomic E-state index is 0.0826. The minimum absolute atomic E-state index is 0.0826. The molecule has 1 amide bonds. The first-order valence-corrected chi connectivity index (χ1v) is 5.58. The van der Waals surface area contributed by atoms with Crippen LogP contribution in [0, 0.1) is 16.7 Å². The highest BCUT2D eigenvalue weighted by Gasteiger charge is 2.68. The molecule has 2 rings (SSSR count). The van der Waals surface area contributed by atoms with Crippen LogP contribution in [0.15, 0.2) is 24.5 Å². The molecule has 3 heteroatoms. The largest absolute Gasteiger partial charge is 0.324 e. The number of nitrogens with zero attached hydrogens (tertiary/aromatic N) is 1. The molecule has 1 aliphatic carbocycles. The monoisotopic (exact) mass is 218 g/mol. The maximum atomic E-state index is 12.1. The van der Waals surface area contributed by atoms with Gasteiger partial charge in [-0.2, -0.15) is 0 Å². The van der Waals surface area contributed by atoms with E-state index in [-0.39, 0.29) is 22.7 Å². The standard InChI is InChI=1S/C13H18N2O/c1-12(2)10(13(12,3)4)11(16)15-9-6-5-7-14-8-9/h5-8,10H,1-4H3,(H,15,16). The van der Waals surface area contributed by atoms with Crippen molar-refractivity contribution in [3.63, 3.8) is 0 Å². The Bertz CT molecular complexity index is 395. The Labute approximate surface area is 96.3 Å². The first-order valence-electron chi connectivity index (χ1n) is 5.58. The van der Waals surface area contributed by atoms with Crippen molar-refractivity contribution < 1.29 is 4.79 Å². The number of pyridine rings is 1. The molecule has 0 aromatic carbocycles. The maximum absolute atomic E-state index is 12.1. The molecule has 1 N–H and O–H groups in total. The van der Waals surface area contributed by atoms with E-state index in [2.05, 4.69) is 38.0 Å². The summed E-state index contributed by atoms with van der Waals surface area (Å²) < 4.78 is 0. The van der Waals surface area contributed by atoms with E-state index < -0.39 is 0 Å². The number of aromatic nitrogens is 1. The quantitative estimate of drug-likeness (QED) is 0.829. The second-order valence-corrected chi connectivity index (χ2v) is 5.61. The third-order valence-corrected chi connectivity index (χ3v) is 4.21. The molecule has 1 aliphatic rings. The number of hydrogen-bond acceptors (Lipinski definition) is 2. The van der Waals surface area contributed by atoms with Crippen molar-refractivity contribution in [1.82, 2.24) is 4.98 Å². The van der Waals surface area contributed by atoms with Crippen LogP contribution in [0.5, 0.6) is 0 Å². The lowest BCUT2D eigenvalue weighted by Crippen LogP contribution is -2.17. The zero-order valence-electron chi connectivity index (χ0n) is 10.2. The number of carbonyl (C=O) groups is 1. The SMILES string of the molecule is CC1(C)C(C(=O)Nc2cccnc2)C1(C)C. The van der Waals surface area contributed by atoms with E-state index in [4.69, 9.17) is 0 Å². The topological polar surface area (TPSA) is 42.0 Å². The van der Waals surface area contributed by atoms with Gasteiger partial charge in [0.2, 0.25) is 5.91 Å². The average Bonchev–Trinajstić information content (AvgIpc) is 2.58. The maximum Gasteiger partial charge on any atom is 0.228 e. The summed E-state index contributed by atoms with van der Waals surface area (Å²) in [6, 6.07) is 3.67. The second-order valence-electron chi connectivity index (χ2n) is 5.61. The van der Waals surface area contributed by atoms with Crippen LogP contribution in [0.3, 0.4) is 0 Å². The zero-order valence-corrected chi connectivity index (χ0v) is 10.2. The second kappa shape index (κ2) is 3.30. The number of anilines is 1. The van der Waals surface area contributed by atoms with Crippen LogP contribution >= 0.6 is 0 Å². The van der Waals surface area contributed by atoms with E-state index in [9.17, 15) is 4.79 Å². The Morgan fingerprint density at radius 3 is 2.38 bits per heavy atom. The molecule has 1 heterocycles. The van der Waals surface area contributed by atoms with Crippen molar-refractivity contribution in [2.75, 3.05) is 5.32 Å². The average molecular weight is 218 g/mol. The molecule has 0 spiro atoms. The molecule has 0 saturated heterocycles. The third kappa shape index (κ3) is 1.51. The lowest BCUT2D eigenvalue weighted by Gasteiger charge is -2.05. The Hall–Kier alpha value is -1.38. The van der Waals surface area contributed by atoms with Crippen molar-refractivity contribution in [3.8, 4) is 0 Å². The molecule has 1 fully saturated rings. The molecule has 0 bridgehead atoms. The number of rotatable bonds is 2. The van der Waals surface area contributed by atoms with Crippen molar-refractivity contribution in [2.45, 2.75) is 27.7 Å². The molecule has 0 radical (unpaired) electrons. The van der Waals surface area contributed by atoms with Gasteiger partial charge in [-0.05, 0) is 23.0 Å². The lowest BCUT2D eigenvalue weighted by molar-refractivity contribution is -0.118. The van der Waals surface area contributed by atoms with E-state index in [1.54, 1.807) is 12.4 Å². The van der Waals surface area contributed by atoms with Crippen molar-refractivity contribution in [3.05, 3.63) is 24.5 Å². The van der Waals surface area contributed by atoms with Crippen LogP contribution in [-0.2, 0) is 4.79 Å². The summed E-state index contributed by atoms with van der Waals surface area (Å²) in [6.07, 6.45) is 3.36. The summed E-state index contributed by atoms with van der Waals surface area (Å²) in [5.41, 5.74) is 0.935. The predicted molar refractivity (Wildman–Crippen MR) is 63.9 cm³/mol. The van der Waals surface area contributed by atoms with Crippen LogP contribution in [0.1, 0.15) is 27.7 Å². The highest BCUT2D eigenvalue weighted by atomic mass is 16.2. The first-order chi connectivity index (χ1) is 7.37. The first kappa shape index (κ1) is 11.1. The van der Waals surface area contributed by atoms with E-state index in [0.717, 1.165) is 5.69 Å². The molecule has 1 aromatic heterocycles. The molecular formula is C13H18N2O. The Balaban J connectivity index is 2.07. The predicted octanol–water partition coefficient (Wildman–Crippen LogP) is 2.70. The molecule has 86 valence electrons. The fourth-order valence-corrected chi connectivity index (χ4v) is 2.50. The number of amides is 1. The van der Waals surface area contributed by atoms with Crippen molar-refractivity contribution in [1.29, 1.82) is 0 Å². The summed E-state index contributed by atoms with van der Waals surface area (Å²) in [4.78, 5) is 16.0. The molecule has 1 saturated carbocycles. The number of carbonyl (C=O) groups excluding carboxylic acids is 1. The molecule has 0 unspecified atom stereocenters. The highest BCUT2D eigenvalue weighted by Crippen LogP contribution is 2.68. The van der Waals surface area contributed by atoms with Crippen LogP contribution < -0.4 is 5.32 Å². The fraction of sp³-hybridized carbons (Fsp3) is 0.538. The number of hydrogen-bond donors (Lipinski definition) is 1. The number of nitrogens with one attached hydrogen (secondary N) is 1. The van der Waals surface area contributed by atoms with Gasteiger partial charge in [-0.3, -0.25) is 9.78 Å². The van der Waals surface area contributed by atoms with Gasteiger partial charge in [0.1, 0.15) is 0 Å². The van der Waals surface area contributed by atoms with Crippen LogP contribution in [0.2, 0.25) is 0 Å². The molecule has 1 aromatic rings. The van der Waals surface area contributed by atoms with Gasteiger partial charge in [-0.25, -0.2) is 0 Å². The zero-order chi connectivity index (χ0) is 12.0. The van der Waals surface area contributed by atoms with Gasteiger partial charge >= 0.3 is 0 Å². The fourth-order valence-electron chi connectivity index (χ4n) is 2.50. The highest BCUT2D eigenvalue weighted by molar-refractivity contribution is 5.95. The molecular weight excluding hydrogens is 200 g/mol.